The lowest BCUT2D eigenvalue weighted by molar-refractivity contribution is 0.157. The molecular weight excluding hydrogens is 398 g/mol. The first-order valence-corrected chi connectivity index (χ1v) is 12.3. The molecule has 0 spiro atoms. The molecule has 0 radical (unpaired) electrons. The van der Waals surface area contributed by atoms with Crippen LogP contribution in [0.5, 0.6) is 5.75 Å². The monoisotopic (exact) mass is 429 g/mol. The molecule has 1 aromatic heterocycles. The van der Waals surface area contributed by atoms with Gasteiger partial charge in [0.05, 0.1) is 12.0 Å². The molecule has 2 aliphatic rings. The molecule has 2 heterocycles. The molecule has 2 fully saturated rings. The van der Waals surface area contributed by atoms with E-state index >= 15 is 0 Å². The zero-order chi connectivity index (χ0) is 21.0. The number of benzene rings is 1. The van der Waals surface area contributed by atoms with E-state index in [9.17, 15) is 8.42 Å². The SMILES string of the molecule is COc1cccc(S(=O)(=O)N(CC2CC2)C2CCN(CCc3ccccn3)CC2)c1. The molecule has 2 aromatic rings. The number of sulfonamides is 1. The third-order valence-electron chi connectivity index (χ3n) is 6.16. The van der Waals surface area contributed by atoms with Gasteiger partial charge in [-0.25, -0.2) is 8.42 Å². The van der Waals surface area contributed by atoms with Gasteiger partial charge in [-0.3, -0.25) is 4.98 Å². The number of ether oxygens (including phenoxy) is 1. The second-order valence-electron chi connectivity index (χ2n) is 8.34. The summed E-state index contributed by atoms with van der Waals surface area (Å²) in [5.74, 6) is 1.08. The van der Waals surface area contributed by atoms with Gasteiger partial charge < -0.3 is 9.64 Å². The van der Waals surface area contributed by atoms with Crippen molar-refractivity contribution in [2.75, 3.05) is 33.3 Å². The lowest BCUT2D eigenvalue weighted by Crippen LogP contribution is -2.48. The van der Waals surface area contributed by atoms with Crippen molar-refractivity contribution in [1.82, 2.24) is 14.2 Å². The number of nitrogens with zero attached hydrogens (tertiary/aromatic N) is 3. The number of hydrogen-bond acceptors (Lipinski definition) is 5. The molecule has 162 valence electrons. The molecule has 0 N–H and O–H groups in total. The highest BCUT2D eigenvalue weighted by atomic mass is 32.2. The Morgan fingerprint density at radius 1 is 1.10 bits per heavy atom. The summed E-state index contributed by atoms with van der Waals surface area (Å²) >= 11 is 0. The third kappa shape index (κ3) is 5.20. The molecular formula is C23H31N3O3S. The number of pyridine rings is 1. The maximum atomic E-state index is 13.5. The molecule has 1 aromatic carbocycles. The van der Waals surface area contributed by atoms with E-state index < -0.39 is 10.0 Å². The van der Waals surface area contributed by atoms with Gasteiger partial charge in [-0.05, 0) is 69.0 Å². The molecule has 1 aliphatic carbocycles. The van der Waals surface area contributed by atoms with Crippen LogP contribution >= 0.6 is 0 Å². The van der Waals surface area contributed by atoms with Gasteiger partial charge in [0.1, 0.15) is 5.75 Å². The maximum absolute atomic E-state index is 13.5. The first kappa shape index (κ1) is 21.3. The summed E-state index contributed by atoms with van der Waals surface area (Å²) in [6.45, 7) is 3.45. The van der Waals surface area contributed by atoms with Crippen LogP contribution in [0, 0.1) is 5.92 Å². The van der Waals surface area contributed by atoms with Gasteiger partial charge in [0.15, 0.2) is 0 Å². The molecule has 1 saturated heterocycles. The van der Waals surface area contributed by atoms with E-state index in [1.54, 1.807) is 35.7 Å². The average Bonchev–Trinajstić information content (AvgIpc) is 3.61. The van der Waals surface area contributed by atoms with Crippen molar-refractivity contribution in [1.29, 1.82) is 0 Å². The molecule has 30 heavy (non-hydrogen) atoms. The zero-order valence-corrected chi connectivity index (χ0v) is 18.4. The standard InChI is InChI=1S/C23H31N3O3S/c1-29-22-6-4-7-23(17-22)30(27,28)26(18-19-8-9-19)21-11-15-25(16-12-21)14-10-20-5-2-3-13-24-20/h2-7,13,17,19,21H,8-12,14-16,18H2,1H3. The highest BCUT2D eigenvalue weighted by Gasteiger charge is 2.37. The van der Waals surface area contributed by atoms with Crippen LogP contribution in [0.4, 0.5) is 0 Å². The van der Waals surface area contributed by atoms with Crippen molar-refractivity contribution in [2.24, 2.45) is 5.92 Å². The van der Waals surface area contributed by atoms with Crippen LogP contribution in [0.1, 0.15) is 31.4 Å². The van der Waals surface area contributed by atoms with Gasteiger partial charge in [0, 0.05) is 43.5 Å². The Morgan fingerprint density at radius 3 is 2.57 bits per heavy atom. The van der Waals surface area contributed by atoms with Crippen molar-refractivity contribution in [2.45, 2.75) is 43.0 Å². The zero-order valence-electron chi connectivity index (χ0n) is 17.6. The summed E-state index contributed by atoms with van der Waals surface area (Å²) in [6.07, 6.45) is 6.77. The summed E-state index contributed by atoms with van der Waals surface area (Å²) in [7, 11) is -1.97. The van der Waals surface area contributed by atoms with Crippen molar-refractivity contribution < 1.29 is 13.2 Å². The van der Waals surface area contributed by atoms with Gasteiger partial charge >= 0.3 is 0 Å². The van der Waals surface area contributed by atoms with Crippen LogP contribution in [0.3, 0.4) is 0 Å². The van der Waals surface area contributed by atoms with Gasteiger partial charge in [0.25, 0.3) is 0 Å². The van der Waals surface area contributed by atoms with Crippen LogP contribution in [-0.2, 0) is 16.4 Å². The second-order valence-corrected chi connectivity index (χ2v) is 10.2. The molecule has 6 nitrogen and oxygen atoms in total. The molecule has 0 bridgehead atoms. The number of hydrogen-bond donors (Lipinski definition) is 0. The van der Waals surface area contributed by atoms with E-state index in [2.05, 4.69) is 16.0 Å². The van der Waals surface area contributed by atoms with E-state index in [1.165, 1.54) is 0 Å². The van der Waals surface area contributed by atoms with Crippen molar-refractivity contribution in [3.63, 3.8) is 0 Å². The first-order valence-electron chi connectivity index (χ1n) is 10.8. The molecule has 0 amide bonds. The Bertz CT molecular complexity index is 924. The largest absolute Gasteiger partial charge is 0.497 e. The quantitative estimate of drug-likeness (QED) is 0.613. The van der Waals surface area contributed by atoms with E-state index in [1.807, 2.05) is 18.3 Å². The van der Waals surface area contributed by atoms with Crippen molar-refractivity contribution in [3.8, 4) is 5.75 Å². The Morgan fingerprint density at radius 2 is 1.90 bits per heavy atom. The van der Waals surface area contributed by atoms with Crippen LogP contribution in [0.25, 0.3) is 0 Å². The van der Waals surface area contributed by atoms with E-state index in [4.69, 9.17) is 4.74 Å². The van der Waals surface area contributed by atoms with Gasteiger partial charge in [-0.1, -0.05) is 12.1 Å². The summed E-state index contributed by atoms with van der Waals surface area (Å²) in [5, 5.41) is 0. The number of aromatic nitrogens is 1. The predicted molar refractivity (Wildman–Crippen MR) is 117 cm³/mol. The highest BCUT2D eigenvalue weighted by Crippen LogP contribution is 2.34. The molecule has 0 unspecified atom stereocenters. The number of piperidine rings is 1. The Kier molecular flexibility index (Phi) is 6.71. The molecule has 7 heteroatoms. The Balaban J connectivity index is 1.41. The second kappa shape index (κ2) is 9.45. The number of methoxy groups -OCH3 is 1. The van der Waals surface area contributed by atoms with Crippen molar-refractivity contribution >= 4 is 10.0 Å². The summed E-state index contributed by atoms with van der Waals surface area (Å²) in [5.41, 5.74) is 1.11. The molecule has 1 aliphatic heterocycles. The molecule has 0 atom stereocenters. The number of rotatable bonds is 9. The summed E-state index contributed by atoms with van der Waals surface area (Å²) in [6, 6.07) is 12.9. The van der Waals surface area contributed by atoms with Crippen LogP contribution < -0.4 is 4.74 Å². The first-order chi connectivity index (χ1) is 14.6. The van der Waals surface area contributed by atoms with E-state index in [0.717, 1.165) is 57.4 Å². The normalized spacial score (nSPS) is 18.6. The lowest BCUT2D eigenvalue weighted by Gasteiger charge is -2.38. The fourth-order valence-electron chi connectivity index (χ4n) is 4.14. The highest BCUT2D eigenvalue weighted by molar-refractivity contribution is 7.89. The fraction of sp³-hybridized carbons (Fsp3) is 0.522. The number of likely N-dealkylation sites (tertiary alicyclic amines) is 1. The van der Waals surface area contributed by atoms with Gasteiger partial charge in [0.2, 0.25) is 10.0 Å². The smallest absolute Gasteiger partial charge is 0.243 e. The summed E-state index contributed by atoms with van der Waals surface area (Å²) < 4.78 is 34.0. The topological polar surface area (TPSA) is 62.7 Å². The lowest BCUT2D eigenvalue weighted by atomic mass is 10.0. The van der Waals surface area contributed by atoms with Crippen molar-refractivity contribution in [3.05, 3.63) is 54.4 Å². The van der Waals surface area contributed by atoms with Crippen LogP contribution in [0.15, 0.2) is 53.6 Å². The van der Waals surface area contributed by atoms with Crippen LogP contribution in [-0.4, -0.2) is 61.9 Å². The van der Waals surface area contributed by atoms with Gasteiger partial charge in [-0.2, -0.15) is 4.31 Å². The van der Waals surface area contributed by atoms with E-state index in [-0.39, 0.29) is 6.04 Å². The minimum atomic E-state index is -3.54. The Labute approximate surface area is 179 Å². The minimum absolute atomic E-state index is 0.0629. The minimum Gasteiger partial charge on any atom is -0.497 e. The molecule has 1 saturated carbocycles. The average molecular weight is 430 g/mol. The summed E-state index contributed by atoms with van der Waals surface area (Å²) in [4.78, 5) is 7.16. The Hall–Kier alpha value is -1.96. The fourth-order valence-corrected chi connectivity index (χ4v) is 5.94. The van der Waals surface area contributed by atoms with Crippen LogP contribution in [0.2, 0.25) is 0 Å². The maximum Gasteiger partial charge on any atom is 0.243 e. The van der Waals surface area contributed by atoms with Gasteiger partial charge in [-0.15, -0.1) is 0 Å². The third-order valence-corrected chi connectivity index (χ3v) is 8.07. The predicted octanol–water partition coefficient (Wildman–Crippen LogP) is 3.20. The molecule has 4 rings (SSSR count). The van der Waals surface area contributed by atoms with E-state index in [0.29, 0.717) is 23.1 Å².